The summed E-state index contributed by atoms with van der Waals surface area (Å²) in [6, 6.07) is 9.92. The van der Waals surface area contributed by atoms with Crippen molar-refractivity contribution < 1.29 is 0 Å². The highest BCUT2D eigenvalue weighted by Gasteiger charge is 2.07. The maximum Gasteiger partial charge on any atom is 0.204 e. The van der Waals surface area contributed by atoms with Crippen molar-refractivity contribution in [1.29, 1.82) is 0 Å². The van der Waals surface area contributed by atoms with Crippen LogP contribution in [0.25, 0.3) is 5.69 Å². The zero-order chi connectivity index (χ0) is 14.5. The molecule has 1 aromatic carbocycles. The van der Waals surface area contributed by atoms with Gasteiger partial charge in [0.2, 0.25) is 5.43 Å². The third-order valence-electron chi connectivity index (χ3n) is 3.31. The summed E-state index contributed by atoms with van der Waals surface area (Å²) in [5.41, 5.74) is 3.67. The fourth-order valence-electron chi connectivity index (χ4n) is 2.08. The van der Waals surface area contributed by atoms with Crippen LogP contribution in [0.2, 0.25) is 0 Å². The first-order chi connectivity index (χ1) is 9.65. The molecule has 1 N–H and O–H groups in total. The van der Waals surface area contributed by atoms with E-state index in [0.29, 0.717) is 12.2 Å². The molecule has 1 aromatic heterocycles. The molecular formula is C16H21N3O. The fraction of sp³-hybridized carbons (Fsp3) is 0.375. The third kappa shape index (κ3) is 3.14. The number of rotatable bonds is 5. The molecule has 0 aliphatic heterocycles. The van der Waals surface area contributed by atoms with Crippen LogP contribution in [0, 0.1) is 6.92 Å². The van der Waals surface area contributed by atoms with Gasteiger partial charge in [0.1, 0.15) is 5.69 Å². The van der Waals surface area contributed by atoms with E-state index in [1.807, 2.05) is 30.7 Å². The third-order valence-corrected chi connectivity index (χ3v) is 3.31. The van der Waals surface area contributed by atoms with Gasteiger partial charge in [-0.1, -0.05) is 26.0 Å². The van der Waals surface area contributed by atoms with Gasteiger partial charge in [-0.25, -0.2) is 4.68 Å². The lowest BCUT2D eigenvalue weighted by Crippen LogP contribution is -2.24. The van der Waals surface area contributed by atoms with Crippen LogP contribution in [0.5, 0.6) is 0 Å². The van der Waals surface area contributed by atoms with Crippen LogP contribution in [0.3, 0.4) is 0 Å². The van der Waals surface area contributed by atoms with Crippen LogP contribution in [0.4, 0.5) is 0 Å². The highest BCUT2D eigenvalue weighted by molar-refractivity contribution is 5.35. The Morgan fingerprint density at radius 1 is 1.20 bits per heavy atom. The zero-order valence-corrected chi connectivity index (χ0v) is 12.3. The van der Waals surface area contributed by atoms with Crippen molar-refractivity contribution >= 4 is 0 Å². The number of aromatic nitrogens is 2. The van der Waals surface area contributed by atoms with E-state index in [-0.39, 0.29) is 5.43 Å². The Balaban J connectivity index is 2.41. The predicted molar refractivity (Wildman–Crippen MR) is 81.3 cm³/mol. The van der Waals surface area contributed by atoms with Crippen molar-refractivity contribution in [2.24, 2.45) is 0 Å². The van der Waals surface area contributed by atoms with Crippen molar-refractivity contribution in [1.82, 2.24) is 15.1 Å². The van der Waals surface area contributed by atoms with Gasteiger partial charge in [-0.15, -0.1) is 0 Å². The minimum atomic E-state index is -0.00937. The SMILES string of the molecule is CCNCc1nn(-c2ccc(CC)cc2)c(C)cc1=O. The lowest BCUT2D eigenvalue weighted by Gasteiger charge is -2.12. The molecular weight excluding hydrogens is 250 g/mol. The van der Waals surface area contributed by atoms with Gasteiger partial charge >= 0.3 is 0 Å². The summed E-state index contributed by atoms with van der Waals surface area (Å²) in [5, 5.41) is 7.62. The van der Waals surface area contributed by atoms with Gasteiger partial charge < -0.3 is 5.32 Å². The number of aryl methyl sites for hydroxylation is 2. The summed E-state index contributed by atoms with van der Waals surface area (Å²) in [6.07, 6.45) is 1.02. The highest BCUT2D eigenvalue weighted by Crippen LogP contribution is 2.11. The van der Waals surface area contributed by atoms with Gasteiger partial charge in [-0.05, 0) is 37.6 Å². The summed E-state index contributed by atoms with van der Waals surface area (Å²) < 4.78 is 1.83. The van der Waals surface area contributed by atoms with E-state index in [1.165, 1.54) is 5.56 Å². The van der Waals surface area contributed by atoms with Crippen molar-refractivity contribution in [3.05, 3.63) is 57.5 Å². The van der Waals surface area contributed by atoms with E-state index in [9.17, 15) is 4.79 Å². The van der Waals surface area contributed by atoms with Crippen LogP contribution in [0.1, 0.15) is 30.8 Å². The first-order valence-corrected chi connectivity index (χ1v) is 7.05. The van der Waals surface area contributed by atoms with E-state index in [1.54, 1.807) is 6.07 Å². The molecule has 106 valence electrons. The Morgan fingerprint density at radius 3 is 2.50 bits per heavy atom. The summed E-state index contributed by atoms with van der Waals surface area (Å²) in [4.78, 5) is 11.9. The van der Waals surface area contributed by atoms with E-state index < -0.39 is 0 Å². The molecule has 0 saturated carbocycles. The number of nitrogens with zero attached hydrogens (tertiary/aromatic N) is 2. The molecule has 0 atom stereocenters. The van der Waals surface area contributed by atoms with E-state index >= 15 is 0 Å². The number of benzene rings is 1. The smallest absolute Gasteiger partial charge is 0.204 e. The zero-order valence-electron chi connectivity index (χ0n) is 12.3. The number of nitrogens with one attached hydrogen (secondary N) is 1. The topological polar surface area (TPSA) is 46.9 Å². The second kappa shape index (κ2) is 6.48. The van der Waals surface area contributed by atoms with Crippen LogP contribution < -0.4 is 10.7 Å². The Labute approximate surface area is 119 Å². The average Bonchev–Trinajstić information content (AvgIpc) is 2.47. The molecule has 2 rings (SSSR count). The molecule has 0 aliphatic carbocycles. The van der Waals surface area contributed by atoms with Crippen LogP contribution in [-0.2, 0) is 13.0 Å². The predicted octanol–water partition coefficient (Wildman–Crippen LogP) is 2.21. The maximum absolute atomic E-state index is 11.9. The molecule has 0 saturated heterocycles. The minimum absolute atomic E-state index is 0.00937. The largest absolute Gasteiger partial charge is 0.311 e. The van der Waals surface area contributed by atoms with Crippen LogP contribution >= 0.6 is 0 Å². The van der Waals surface area contributed by atoms with E-state index in [4.69, 9.17) is 0 Å². The molecule has 4 nitrogen and oxygen atoms in total. The van der Waals surface area contributed by atoms with Crippen molar-refractivity contribution in [2.75, 3.05) is 6.54 Å². The summed E-state index contributed by atoms with van der Waals surface area (Å²) in [6.45, 7) is 7.37. The van der Waals surface area contributed by atoms with Gasteiger partial charge in [0, 0.05) is 18.3 Å². The molecule has 0 spiro atoms. The average molecular weight is 271 g/mol. The normalized spacial score (nSPS) is 10.8. The molecule has 0 amide bonds. The van der Waals surface area contributed by atoms with Crippen LogP contribution in [0.15, 0.2) is 35.1 Å². The Hall–Kier alpha value is -1.94. The molecule has 0 aliphatic rings. The summed E-state index contributed by atoms with van der Waals surface area (Å²) in [7, 11) is 0. The number of hydrogen-bond donors (Lipinski definition) is 1. The first kappa shape index (κ1) is 14.5. The second-order valence-corrected chi connectivity index (χ2v) is 4.81. The molecule has 1 heterocycles. The van der Waals surface area contributed by atoms with Gasteiger partial charge in [0.25, 0.3) is 0 Å². The monoisotopic (exact) mass is 271 g/mol. The Bertz CT molecular complexity index is 629. The van der Waals surface area contributed by atoms with Gasteiger partial charge in [-0.2, -0.15) is 5.10 Å². The van der Waals surface area contributed by atoms with E-state index in [0.717, 1.165) is 24.3 Å². The minimum Gasteiger partial charge on any atom is -0.311 e. The first-order valence-electron chi connectivity index (χ1n) is 7.05. The fourth-order valence-corrected chi connectivity index (χ4v) is 2.08. The lowest BCUT2D eigenvalue weighted by atomic mass is 10.1. The second-order valence-electron chi connectivity index (χ2n) is 4.81. The molecule has 4 heteroatoms. The molecule has 0 bridgehead atoms. The summed E-state index contributed by atoms with van der Waals surface area (Å²) >= 11 is 0. The van der Waals surface area contributed by atoms with Crippen molar-refractivity contribution in [3.63, 3.8) is 0 Å². The molecule has 20 heavy (non-hydrogen) atoms. The molecule has 0 unspecified atom stereocenters. The molecule has 2 aromatic rings. The van der Waals surface area contributed by atoms with Crippen LogP contribution in [-0.4, -0.2) is 16.3 Å². The number of hydrogen-bond acceptors (Lipinski definition) is 3. The maximum atomic E-state index is 11.9. The van der Waals surface area contributed by atoms with Gasteiger partial charge in [0.05, 0.1) is 5.69 Å². The molecule has 0 radical (unpaired) electrons. The summed E-state index contributed by atoms with van der Waals surface area (Å²) in [5.74, 6) is 0. The highest BCUT2D eigenvalue weighted by atomic mass is 16.1. The lowest BCUT2D eigenvalue weighted by molar-refractivity contribution is 0.666. The Kier molecular flexibility index (Phi) is 4.69. The van der Waals surface area contributed by atoms with Gasteiger partial charge in [0.15, 0.2) is 0 Å². The van der Waals surface area contributed by atoms with Crippen molar-refractivity contribution in [2.45, 2.75) is 33.7 Å². The standard InChI is InChI=1S/C16H21N3O/c1-4-13-6-8-14(9-7-13)19-12(3)10-16(20)15(18-19)11-17-5-2/h6-10,17H,4-5,11H2,1-3H3. The van der Waals surface area contributed by atoms with E-state index in [2.05, 4.69) is 29.5 Å². The Morgan fingerprint density at radius 2 is 1.90 bits per heavy atom. The van der Waals surface area contributed by atoms with Gasteiger partial charge in [-0.3, -0.25) is 4.79 Å². The quantitative estimate of drug-likeness (QED) is 0.907. The molecule has 0 fully saturated rings. The van der Waals surface area contributed by atoms with Crippen molar-refractivity contribution in [3.8, 4) is 5.69 Å².